The average Bonchev–Trinajstić information content (AvgIpc) is 3.15. The monoisotopic (exact) mass is 359 g/mol. The Labute approximate surface area is 156 Å². The number of likely N-dealkylation sites (N-methyl/N-ethyl adjacent to an activating group) is 1. The number of rotatable bonds is 2. The van der Waals surface area contributed by atoms with Gasteiger partial charge in [0.15, 0.2) is 0 Å². The highest BCUT2D eigenvalue weighted by Crippen LogP contribution is 2.38. The Morgan fingerprint density at radius 2 is 2.07 bits per heavy atom. The first-order valence-corrected chi connectivity index (χ1v) is 8.95. The van der Waals surface area contributed by atoms with Crippen LogP contribution < -0.4 is 0 Å². The van der Waals surface area contributed by atoms with E-state index in [0.29, 0.717) is 12.2 Å². The fraction of sp³-hybridized carbons (Fsp3) is 0.182. The molecular weight excluding hydrogens is 341 g/mol. The maximum absolute atomic E-state index is 15.2. The number of benzene rings is 2. The molecule has 1 atom stereocenters. The summed E-state index contributed by atoms with van der Waals surface area (Å²) in [7, 11) is 2.06. The zero-order valence-corrected chi connectivity index (χ0v) is 14.9. The van der Waals surface area contributed by atoms with E-state index in [-0.39, 0.29) is 11.7 Å². The van der Waals surface area contributed by atoms with Crippen LogP contribution in [0.1, 0.15) is 22.6 Å². The van der Waals surface area contributed by atoms with Crippen LogP contribution in [-0.4, -0.2) is 28.7 Å². The minimum Gasteiger partial charge on any atom is -0.464 e. The SMILES string of the molecule is CN1Cc2cc(-c3cccnn3)cc(F)c2C(c2ccc3ccoc3c2)C1. The van der Waals surface area contributed by atoms with Crippen LogP contribution in [0.5, 0.6) is 0 Å². The van der Waals surface area contributed by atoms with Crippen LogP contribution in [0.3, 0.4) is 0 Å². The standard InChI is InChI=1S/C22H18FN3O/c1-26-12-17-9-16(20-3-2-7-24-25-20)10-19(23)22(17)18(13-26)15-5-4-14-6-8-27-21(14)11-15/h2-11,18H,12-13H2,1H3. The van der Waals surface area contributed by atoms with Crippen molar-refractivity contribution in [1.29, 1.82) is 0 Å². The van der Waals surface area contributed by atoms with Gasteiger partial charge in [-0.3, -0.25) is 0 Å². The van der Waals surface area contributed by atoms with Gasteiger partial charge in [-0.1, -0.05) is 12.1 Å². The summed E-state index contributed by atoms with van der Waals surface area (Å²) in [6.07, 6.45) is 3.30. The molecule has 0 aliphatic carbocycles. The third-order valence-electron chi connectivity index (χ3n) is 5.25. The number of fused-ring (bicyclic) bond motifs is 2. The lowest BCUT2D eigenvalue weighted by Crippen LogP contribution is -2.31. The smallest absolute Gasteiger partial charge is 0.134 e. The van der Waals surface area contributed by atoms with Crippen molar-refractivity contribution in [1.82, 2.24) is 15.1 Å². The van der Waals surface area contributed by atoms with E-state index >= 15 is 4.39 Å². The molecule has 4 aromatic rings. The van der Waals surface area contributed by atoms with E-state index in [9.17, 15) is 0 Å². The molecular formula is C22H18FN3O. The van der Waals surface area contributed by atoms with Crippen molar-refractivity contribution >= 4 is 11.0 Å². The Bertz CT molecular complexity index is 1120. The normalized spacial score (nSPS) is 17.2. The second kappa shape index (κ2) is 6.28. The highest BCUT2D eigenvalue weighted by molar-refractivity contribution is 5.78. The van der Waals surface area contributed by atoms with E-state index in [2.05, 4.69) is 28.2 Å². The Hall–Kier alpha value is -3.05. The molecule has 0 saturated heterocycles. The molecule has 2 aromatic heterocycles. The van der Waals surface area contributed by atoms with Gasteiger partial charge in [-0.05, 0) is 54.6 Å². The summed E-state index contributed by atoms with van der Waals surface area (Å²) in [6, 6.07) is 15.3. The molecule has 0 saturated carbocycles. The van der Waals surface area contributed by atoms with Crippen molar-refractivity contribution in [2.75, 3.05) is 13.6 Å². The third-order valence-corrected chi connectivity index (χ3v) is 5.25. The van der Waals surface area contributed by atoms with E-state index in [4.69, 9.17) is 4.42 Å². The highest BCUT2D eigenvalue weighted by Gasteiger charge is 2.29. The maximum Gasteiger partial charge on any atom is 0.134 e. The molecule has 0 fully saturated rings. The van der Waals surface area contributed by atoms with Crippen molar-refractivity contribution in [2.24, 2.45) is 0 Å². The van der Waals surface area contributed by atoms with Crippen LogP contribution in [0.2, 0.25) is 0 Å². The highest BCUT2D eigenvalue weighted by atomic mass is 19.1. The number of hydrogen-bond acceptors (Lipinski definition) is 4. The van der Waals surface area contributed by atoms with E-state index in [1.165, 1.54) is 0 Å². The zero-order valence-electron chi connectivity index (χ0n) is 14.9. The van der Waals surface area contributed by atoms with Crippen LogP contribution in [0.15, 0.2) is 65.4 Å². The fourth-order valence-corrected chi connectivity index (χ4v) is 4.02. The van der Waals surface area contributed by atoms with Gasteiger partial charge in [0, 0.05) is 41.7 Å². The van der Waals surface area contributed by atoms with Gasteiger partial charge in [-0.2, -0.15) is 10.2 Å². The molecule has 0 amide bonds. The van der Waals surface area contributed by atoms with Gasteiger partial charge in [0.2, 0.25) is 0 Å². The summed E-state index contributed by atoms with van der Waals surface area (Å²) in [4.78, 5) is 2.22. The minimum absolute atomic E-state index is 0.0378. The Kier molecular flexibility index (Phi) is 3.76. The molecule has 5 heteroatoms. The minimum atomic E-state index is -0.189. The lowest BCUT2D eigenvalue weighted by Gasteiger charge is -2.33. The van der Waals surface area contributed by atoms with Crippen LogP contribution in [0.4, 0.5) is 4.39 Å². The summed E-state index contributed by atoms with van der Waals surface area (Å²) in [5, 5.41) is 9.09. The van der Waals surface area contributed by atoms with Crippen molar-refractivity contribution in [3.05, 3.63) is 83.5 Å². The molecule has 0 N–H and O–H groups in total. The van der Waals surface area contributed by atoms with Gasteiger partial charge >= 0.3 is 0 Å². The Morgan fingerprint density at radius 3 is 2.93 bits per heavy atom. The van der Waals surface area contributed by atoms with Crippen molar-refractivity contribution < 1.29 is 8.81 Å². The van der Waals surface area contributed by atoms with Gasteiger partial charge in [-0.25, -0.2) is 4.39 Å². The molecule has 0 radical (unpaired) electrons. The second-order valence-electron chi connectivity index (χ2n) is 7.11. The third kappa shape index (κ3) is 2.80. The van der Waals surface area contributed by atoms with Crippen LogP contribution >= 0.6 is 0 Å². The molecule has 1 aliphatic heterocycles. The second-order valence-corrected chi connectivity index (χ2v) is 7.11. The zero-order chi connectivity index (χ0) is 18.4. The van der Waals surface area contributed by atoms with E-state index < -0.39 is 0 Å². The lowest BCUT2D eigenvalue weighted by molar-refractivity contribution is 0.290. The maximum atomic E-state index is 15.2. The average molecular weight is 359 g/mol. The Morgan fingerprint density at radius 1 is 1.15 bits per heavy atom. The van der Waals surface area contributed by atoms with E-state index in [1.807, 2.05) is 36.4 Å². The number of aromatic nitrogens is 2. The first-order valence-electron chi connectivity index (χ1n) is 8.95. The van der Waals surface area contributed by atoms with Crippen molar-refractivity contribution in [3.63, 3.8) is 0 Å². The molecule has 1 aliphatic rings. The first-order chi connectivity index (χ1) is 13.2. The number of halogens is 1. The first kappa shape index (κ1) is 16.1. The molecule has 5 rings (SSSR count). The summed E-state index contributed by atoms with van der Waals surface area (Å²) >= 11 is 0. The molecule has 134 valence electrons. The molecule has 27 heavy (non-hydrogen) atoms. The van der Waals surface area contributed by atoms with E-state index in [0.717, 1.165) is 39.8 Å². The molecule has 1 unspecified atom stereocenters. The van der Waals surface area contributed by atoms with Crippen LogP contribution in [0, 0.1) is 5.82 Å². The van der Waals surface area contributed by atoms with Gasteiger partial charge in [0.25, 0.3) is 0 Å². The summed E-state index contributed by atoms with van der Waals surface area (Å²) in [6.45, 7) is 1.47. The fourth-order valence-electron chi connectivity index (χ4n) is 4.02. The lowest BCUT2D eigenvalue weighted by atomic mass is 9.83. The van der Waals surface area contributed by atoms with Crippen molar-refractivity contribution in [2.45, 2.75) is 12.5 Å². The van der Waals surface area contributed by atoms with Gasteiger partial charge in [-0.15, -0.1) is 0 Å². The molecule has 0 spiro atoms. The Balaban J connectivity index is 1.64. The molecule has 0 bridgehead atoms. The number of furan rings is 1. The van der Waals surface area contributed by atoms with Crippen LogP contribution in [0.25, 0.3) is 22.2 Å². The van der Waals surface area contributed by atoms with Gasteiger partial charge < -0.3 is 9.32 Å². The van der Waals surface area contributed by atoms with Gasteiger partial charge in [0.05, 0.1) is 12.0 Å². The number of hydrogen-bond donors (Lipinski definition) is 0. The topological polar surface area (TPSA) is 42.2 Å². The van der Waals surface area contributed by atoms with Crippen LogP contribution in [-0.2, 0) is 6.54 Å². The summed E-state index contributed by atoms with van der Waals surface area (Å²) < 4.78 is 20.8. The predicted molar refractivity (Wildman–Crippen MR) is 102 cm³/mol. The molecule has 4 nitrogen and oxygen atoms in total. The summed E-state index contributed by atoms with van der Waals surface area (Å²) in [5.74, 6) is -0.227. The van der Waals surface area contributed by atoms with Crippen molar-refractivity contribution in [3.8, 4) is 11.3 Å². The van der Waals surface area contributed by atoms with Gasteiger partial charge in [0.1, 0.15) is 11.4 Å². The summed E-state index contributed by atoms with van der Waals surface area (Å²) in [5.41, 5.74) is 5.10. The largest absolute Gasteiger partial charge is 0.464 e. The van der Waals surface area contributed by atoms with E-state index in [1.54, 1.807) is 18.5 Å². The molecule has 3 heterocycles. The molecule has 2 aromatic carbocycles. The predicted octanol–water partition coefficient (Wildman–Crippen LogP) is 4.61. The number of nitrogens with zero attached hydrogens (tertiary/aromatic N) is 3. The quantitative estimate of drug-likeness (QED) is 0.524.